The molecule has 0 saturated heterocycles. The number of hydrogen-bond acceptors (Lipinski definition) is 3. The molecule has 4 nitrogen and oxygen atoms in total. The number of nitrogens with one attached hydrogen (secondary N) is 2. The average Bonchev–Trinajstić information content (AvgIpc) is 2.38. The van der Waals surface area contributed by atoms with Crippen LogP contribution < -0.4 is 10.0 Å². The van der Waals surface area contributed by atoms with E-state index in [9.17, 15) is 8.42 Å². The van der Waals surface area contributed by atoms with Crippen LogP contribution >= 0.6 is 0 Å². The lowest BCUT2D eigenvalue weighted by atomic mass is 9.85. The molecule has 0 heterocycles. The first-order chi connectivity index (χ1) is 9.41. The van der Waals surface area contributed by atoms with Gasteiger partial charge >= 0.3 is 0 Å². The van der Waals surface area contributed by atoms with Crippen LogP contribution in [0, 0.1) is 5.92 Å². The minimum atomic E-state index is -3.11. The highest BCUT2D eigenvalue weighted by Crippen LogP contribution is 2.26. The third-order valence-corrected chi connectivity index (χ3v) is 5.67. The van der Waals surface area contributed by atoms with Crippen molar-refractivity contribution in [1.29, 1.82) is 0 Å². The second-order valence-electron chi connectivity index (χ2n) is 6.44. The fraction of sp³-hybridized carbons (Fsp3) is 1.00. The van der Waals surface area contributed by atoms with Crippen molar-refractivity contribution in [3.05, 3.63) is 0 Å². The summed E-state index contributed by atoms with van der Waals surface area (Å²) >= 11 is 0. The highest BCUT2D eigenvalue weighted by atomic mass is 32.2. The van der Waals surface area contributed by atoms with Crippen molar-refractivity contribution >= 4 is 10.0 Å². The zero-order chi connectivity index (χ0) is 15.0. The predicted molar refractivity (Wildman–Crippen MR) is 85.3 cm³/mol. The second-order valence-corrected chi connectivity index (χ2v) is 8.31. The molecule has 0 aromatic rings. The Labute approximate surface area is 125 Å². The van der Waals surface area contributed by atoms with Crippen LogP contribution in [0.1, 0.15) is 65.7 Å². The van der Waals surface area contributed by atoms with E-state index in [1.807, 2.05) is 6.92 Å². The molecule has 1 rings (SSSR count). The van der Waals surface area contributed by atoms with E-state index in [4.69, 9.17) is 0 Å². The Morgan fingerprint density at radius 2 is 1.70 bits per heavy atom. The molecule has 0 aromatic heterocycles. The Bertz CT molecular complexity index is 349. The SMILES string of the molecule is CC(C)NCCCCS(=O)(=O)NC(C)C1CCCCC1. The van der Waals surface area contributed by atoms with Crippen LogP contribution in [-0.4, -0.2) is 32.8 Å². The fourth-order valence-electron chi connectivity index (χ4n) is 2.88. The van der Waals surface area contributed by atoms with Crippen molar-refractivity contribution in [2.45, 2.75) is 77.8 Å². The minimum absolute atomic E-state index is 0.0917. The summed E-state index contributed by atoms with van der Waals surface area (Å²) in [5.74, 6) is 0.783. The van der Waals surface area contributed by atoms with Gasteiger partial charge in [-0.3, -0.25) is 0 Å². The molecule has 0 spiro atoms. The van der Waals surface area contributed by atoms with Gasteiger partial charge in [0.15, 0.2) is 0 Å². The second kappa shape index (κ2) is 9.00. The van der Waals surface area contributed by atoms with E-state index in [1.165, 1.54) is 32.1 Å². The van der Waals surface area contributed by atoms with Crippen LogP contribution in [0.5, 0.6) is 0 Å². The van der Waals surface area contributed by atoms with Gasteiger partial charge in [0.05, 0.1) is 5.75 Å². The van der Waals surface area contributed by atoms with Gasteiger partial charge in [-0.05, 0) is 45.1 Å². The number of unbranched alkanes of at least 4 members (excludes halogenated alkanes) is 1. The number of rotatable bonds is 9. The first-order valence-corrected chi connectivity index (χ1v) is 9.79. The molecule has 2 N–H and O–H groups in total. The Hall–Kier alpha value is -0.130. The van der Waals surface area contributed by atoms with E-state index >= 15 is 0 Å². The third kappa shape index (κ3) is 7.60. The molecule has 1 aliphatic rings. The van der Waals surface area contributed by atoms with Crippen molar-refractivity contribution in [2.24, 2.45) is 5.92 Å². The first kappa shape index (κ1) is 17.9. The summed E-state index contributed by atoms with van der Waals surface area (Å²) < 4.78 is 27.0. The Kier molecular flexibility index (Phi) is 8.07. The minimum Gasteiger partial charge on any atom is -0.315 e. The van der Waals surface area contributed by atoms with Crippen LogP contribution in [0.25, 0.3) is 0 Å². The van der Waals surface area contributed by atoms with Crippen molar-refractivity contribution < 1.29 is 8.42 Å². The summed E-state index contributed by atoms with van der Waals surface area (Å²) in [6.45, 7) is 7.12. The molecule has 0 amide bonds. The number of hydrogen-bond donors (Lipinski definition) is 2. The van der Waals surface area contributed by atoms with E-state index in [0.717, 1.165) is 19.4 Å². The maximum Gasteiger partial charge on any atom is 0.211 e. The lowest BCUT2D eigenvalue weighted by Crippen LogP contribution is -2.40. The summed E-state index contributed by atoms with van der Waals surface area (Å²) in [6.07, 6.45) is 7.78. The highest BCUT2D eigenvalue weighted by molar-refractivity contribution is 7.89. The Morgan fingerprint density at radius 1 is 1.05 bits per heavy atom. The van der Waals surface area contributed by atoms with Gasteiger partial charge in [-0.15, -0.1) is 0 Å². The van der Waals surface area contributed by atoms with Crippen molar-refractivity contribution in [1.82, 2.24) is 10.0 Å². The van der Waals surface area contributed by atoms with Gasteiger partial charge in [0.2, 0.25) is 10.0 Å². The predicted octanol–water partition coefficient (Wildman–Crippen LogP) is 2.65. The molecule has 1 aliphatic carbocycles. The van der Waals surface area contributed by atoms with E-state index in [2.05, 4.69) is 23.9 Å². The standard InChI is InChI=1S/C15H32N2O2S/c1-13(2)16-11-7-8-12-20(18,19)17-14(3)15-9-5-4-6-10-15/h13-17H,4-12H2,1-3H3. The summed E-state index contributed by atoms with van der Waals surface area (Å²) in [5, 5.41) is 3.31. The van der Waals surface area contributed by atoms with Gasteiger partial charge in [-0.1, -0.05) is 33.1 Å². The molecule has 0 aromatic carbocycles. The summed E-state index contributed by atoms with van der Waals surface area (Å²) in [5.41, 5.74) is 0. The zero-order valence-electron chi connectivity index (χ0n) is 13.3. The highest BCUT2D eigenvalue weighted by Gasteiger charge is 2.23. The fourth-order valence-corrected chi connectivity index (χ4v) is 4.34. The van der Waals surface area contributed by atoms with Crippen LogP contribution in [0.4, 0.5) is 0 Å². The molecule has 1 unspecified atom stereocenters. The van der Waals surface area contributed by atoms with Gasteiger partial charge in [0, 0.05) is 12.1 Å². The number of sulfonamides is 1. The van der Waals surface area contributed by atoms with Crippen molar-refractivity contribution in [2.75, 3.05) is 12.3 Å². The third-order valence-electron chi connectivity index (χ3n) is 4.11. The lowest BCUT2D eigenvalue weighted by molar-refractivity contribution is 0.303. The van der Waals surface area contributed by atoms with Gasteiger partial charge in [-0.25, -0.2) is 13.1 Å². The molecule has 0 aliphatic heterocycles. The molecule has 0 bridgehead atoms. The maximum atomic E-state index is 12.0. The molecule has 120 valence electrons. The van der Waals surface area contributed by atoms with Crippen molar-refractivity contribution in [3.8, 4) is 0 Å². The molecular weight excluding hydrogens is 272 g/mol. The normalized spacial score (nSPS) is 19.4. The molecule has 0 radical (unpaired) electrons. The molecule has 5 heteroatoms. The van der Waals surface area contributed by atoms with Gasteiger partial charge in [0.1, 0.15) is 0 Å². The Balaban J connectivity index is 2.22. The van der Waals surface area contributed by atoms with Gasteiger partial charge in [0.25, 0.3) is 0 Å². The monoisotopic (exact) mass is 304 g/mol. The van der Waals surface area contributed by atoms with E-state index < -0.39 is 10.0 Å². The van der Waals surface area contributed by atoms with Crippen LogP contribution in [0.2, 0.25) is 0 Å². The summed E-state index contributed by atoms with van der Waals surface area (Å²) in [7, 11) is -3.11. The molecule has 20 heavy (non-hydrogen) atoms. The average molecular weight is 305 g/mol. The van der Waals surface area contributed by atoms with E-state index in [1.54, 1.807) is 0 Å². The zero-order valence-corrected chi connectivity index (χ0v) is 14.1. The van der Waals surface area contributed by atoms with Crippen LogP contribution in [0.3, 0.4) is 0 Å². The quantitative estimate of drug-likeness (QED) is 0.644. The van der Waals surface area contributed by atoms with Gasteiger partial charge in [-0.2, -0.15) is 0 Å². The van der Waals surface area contributed by atoms with Crippen molar-refractivity contribution in [3.63, 3.8) is 0 Å². The molecule has 1 fully saturated rings. The molecule has 1 saturated carbocycles. The topological polar surface area (TPSA) is 58.2 Å². The summed E-state index contributed by atoms with van der Waals surface area (Å²) in [6, 6.07) is 0.560. The van der Waals surface area contributed by atoms with Gasteiger partial charge < -0.3 is 5.32 Å². The first-order valence-electron chi connectivity index (χ1n) is 8.14. The molecular formula is C15H32N2O2S. The maximum absolute atomic E-state index is 12.0. The molecule has 1 atom stereocenters. The lowest BCUT2D eigenvalue weighted by Gasteiger charge is -2.28. The van der Waals surface area contributed by atoms with Crippen LogP contribution in [-0.2, 0) is 10.0 Å². The smallest absolute Gasteiger partial charge is 0.211 e. The Morgan fingerprint density at radius 3 is 2.30 bits per heavy atom. The largest absolute Gasteiger partial charge is 0.315 e. The van der Waals surface area contributed by atoms with E-state index in [0.29, 0.717) is 12.0 Å². The van der Waals surface area contributed by atoms with Crippen LogP contribution in [0.15, 0.2) is 0 Å². The van der Waals surface area contributed by atoms with E-state index in [-0.39, 0.29) is 11.8 Å². The summed E-state index contributed by atoms with van der Waals surface area (Å²) in [4.78, 5) is 0.